The predicted octanol–water partition coefficient (Wildman–Crippen LogP) is 2.22. The number of hydrogen-bond acceptors (Lipinski definition) is 5. The zero-order valence-electron chi connectivity index (χ0n) is 15.5. The summed E-state index contributed by atoms with van der Waals surface area (Å²) in [6.07, 6.45) is -1.23. The number of aryl methyl sites for hydroxylation is 1. The molecular weight excluding hydrogens is 334 g/mol. The highest BCUT2D eigenvalue weighted by atomic mass is 16.4. The van der Waals surface area contributed by atoms with Crippen LogP contribution in [0.5, 0.6) is 0 Å². The van der Waals surface area contributed by atoms with Crippen LogP contribution in [0.25, 0.3) is 5.69 Å². The van der Waals surface area contributed by atoms with Gasteiger partial charge >= 0.3 is 5.97 Å². The fraction of sp³-hybridized carbons (Fsp3) is 0.526. The second-order valence-electron chi connectivity index (χ2n) is 7.00. The Balaban J connectivity index is 2.13. The van der Waals surface area contributed by atoms with Crippen LogP contribution in [0.3, 0.4) is 0 Å². The van der Waals surface area contributed by atoms with Crippen LogP contribution in [0.2, 0.25) is 0 Å². The maximum Gasteiger partial charge on any atom is 0.305 e. The SMILES string of the molecule is Cc1ccc(-n2nnc(C(C)C)c2CCC(O)CC(O)CC(=O)O)cc1. The molecule has 0 aliphatic carbocycles. The lowest BCUT2D eigenvalue weighted by Crippen LogP contribution is -2.21. The van der Waals surface area contributed by atoms with Gasteiger partial charge in [-0.05, 0) is 44.2 Å². The van der Waals surface area contributed by atoms with Crippen molar-refractivity contribution in [2.24, 2.45) is 0 Å². The van der Waals surface area contributed by atoms with E-state index in [0.717, 1.165) is 22.6 Å². The molecule has 0 saturated heterocycles. The lowest BCUT2D eigenvalue weighted by Gasteiger charge is -2.15. The van der Waals surface area contributed by atoms with Crippen LogP contribution in [-0.4, -0.2) is 48.5 Å². The third kappa shape index (κ3) is 5.37. The summed E-state index contributed by atoms with van der Waals surface area (Å²) in [5.41, 5.74) is 3.87. The summed E-state index contributed by atoms with van der Waals surface area (Å²) in [4.78, 5) is 10.6. The normalized spacial score (nSPS) is 13.8. The number of carbonyl (C=O) groups is 1. The summed E-state index contributed by atoms with van der Waals surface area (Å²) in [5, 5.41) is 37.1. The van der Waals surface area contributed by atoms with Crippen LogP contribution in [-0.2, 0) is 11.2 Å². The zero-order chi connectivity index (χ0) is 19.3. The number of aliphatic hydroxyl groups is 2. The van der Waals surface area contributed by atoms with E-state index in [1.54, 1.807) is 4.68 Å². The van der Waals surface area contributed by atoms with Crippen LogP contribution in [0.1, 0.15) is 56.0 Å². The number of benzene rings is 1. The van der Waals surface area contributed by atoms with Crippen molar-refractivity contribution in [3.05, 3.63) is 41.2 Å². The Morgan fingerprint density at radius 3 is 2.38 bits per heavy atom. The second kappa shape index (κ2) is 8.91. The molecule has 7 nitrogen and oxygen atoms in total. The van der Waals surface area contributed by atoms with Crippen molar-refractivity contribution in [3.8, 4) is 5.69 Å². The monoisotopic (exact) mass is 361 g/mol. The molecule has 0 spiro atoms. The van der Waals surface area contributed by atoms with Gasteiger partial charge in [-0.25, -0.2) is 4.68 Å². The van der Waals surface area contributed by atoms with Gasteiger partial charge in [0.15, 0.2) is 0 Å². The molecule has 0 bridgehead atoms. The van der Waals surface area contributed by atoms with E-state index in [1.165, 1.54) is 0 Å². The van der Waals surface area contributed by atoms with Gasteiger partial charge in [-0.15, -0.1) is 5.10 Å². The van der Waals surface area contributed by atoms with Crippen molar-refractivity contribution in [3.63, 3.8) is 0 Å². The topological polar surface area (TPSA) is 108 Å². The molecule has 2 atom stereocenters. The third-order valence-electron chi connectivity index (χ3n) is 4.29. The van der Waals surface area contributed by atoms with Crippen molar-refractivity contribution in [1.82, 2.24) is 15.0 Å². The molecule has 0 fully saturated rings. The number of carboxylic acids is 1. The van der Waals surface area contributed by atoms with Crippen LogP contribution in [0.4, 0.5) is 0 Å². The van der Waals surface area contributed by atoms with E-state index in [-0.39, 0.29) is 18.8 Å². The smallest absolute Gasteiger partial charge is 0.305 e. The molecule has 0 radical (unpaired) electrons. The van der Waals surface area contributed by atoms with E-state index in [9.17, 15) is 15.0 Å². The van der Waals surface area contributed by atoms with Crippen molar-refractivity contribution in [2.75, 3.05) is 0 Å². The largest absolute Gasteiger partial charge is 0.481 e. The highest BCUT2D eigenvalue weighted by Crippen LogP contribution is 2.22. The maximum absolute atomic E-state index is 10.6. The van der Waals surface area contributed by atoms with Gasteiger partial charge in [-0.1, -0.05) is 36.8 Å². The molecule has 142 valence electrons. The van der Waals surface area contributed by atoms with Crippen molar-refractivity contribution >= 4 is 5.97 Å². The minimum absolute atomic E-state index is 0.0371. The number of nitrogens with zero attached hydrogens (tertiary/aromatic N) is 3. The Labute approximate surface area is 153 Å². The number of aliphatic carboxylic acids is 1. The molecule has 1 heterocycles. The molecule has 0 aliphatic heterocycles. The number of hydrogen-bond donors (Lipinski definition) is 3. The molecular formula is C19H27N3O4. The molecule has 0 saturated carbocycles. The molecule has 1 aromatic heterocycles. The maximum atomic E-state index is 10.6. The number of carboxylic acid groups (broad SMARTS) is 1. The molecule has 2 unspecified atom stereocenters. The predicted molar refractivity (Wildman–Crippen MR) is 97.4 cm³/mol. The van der Waals surface area contributed by atoms with Gasteiger partial charge in [0.25, 0.3) is 0 Å². The van der Waals surface area contributed by atoms with Crippen LogP contribution < -0.4 is 0 Å². The number of rotatable bonds is 9. The first kappa shape index (κ1) is 20.1. The van der Waals surface area contributed by atoms with E-state index in [4.69, 9.17) is 5.11 Å². The standard InChI is InChI=1S/C19H27N3O4/c1-12(2)19-17(9-8-15(23)10-16(24)11-18(25)26)22(21-20-19)14-6-4-13(3)5-7-14/h4-7,12,15-16,23-24H,8-11H2,1-3H3,(H,25,26). The molecule has 3 N–H and O–H groups in total. The highest BCUT2D eigenvalue weighted by molar-refractivity contribution is 5.67. The highest BCUT2D eigenvalue weighted by Gasteiger charge is 2.20. The van der Waals surface area contributed by atoms with Crippen LogP contribution in [0.15, 0.2) is 24.3 Å². The Bertz CT molecular complexity index is 725. The van der Waals surface area contributed by atoms with Gasteiger partial charge in [0.05, 0.1) is 35.7 Å². The van der Waals surface area contributed by atoms with E-state index in [0.29, 0.717) is 12.8 Å². The molecule has 0 amide bonds. The lowest BCUT2D eigenvalue weighted by molar-refractivity contribution is -0.139. The average Bonchev–Trinajstić information content (AvgIpc) is 2.96. The van der Waals surface area contributed by atoms with Gasteiger partial charge in [0.1, 0.15) is 0 Å². The average molecular weight is 361 g/mol. The summed E-state index contributed by atoms with van der Waals surface area (Å²) in [6, 6.07) is 7.97. The molecule has 1 aromatic carbocycles. The summed E-state index contributed by atoms with van der Waals surface area (Å²) in [6.45, 7) is 6.10. The number of aromatic nitrogens is 3. The molecule has 0 aliphatic rings. The summed E-state index contributed by atoms with van der Waals surface area (Å²) >= 11 is 0. The van der Waals surface area contributed by atoms with Gasteiger partial charge in [-0.2, -0.15) is 0 Å². The Morgan fingerprint density at radius 1 is 1.15 bits per heavy atom. The van der Waals surface area contributed by atoms with Gasteiger partial charge in [0, 0.05) is 0 Å². The summed E-state index contributed by atoms with van der Waals surface area (Å²) in [7, 11) is 0. The third-order valence-corrected chi connectivity index (χ3v) is 4.29. The number of aliphatic hydroxyl groups excluding tert-OH is 2. The van der Waals surface area contributed by atoms with E-state index in [2.05, 4.69) is 10.3 Å². The van der Waals surface area contributed by atoms with E-state index in [1.807, 2.05) is 45.0 Å². The molecule has 2 aromatic rings. The first-order valence-corrected chi connectivity index (χ1v) is 8.87. The molecule has 7 heteroatoms. The Morgan fingerprint density at radius 2 is 1.81 bits per heavy atom. The van der Waals surface area contributed by atoms with Crippen LogP contribution in [0, 0.1) is 6.92 Å². The zero-order valence-corrected chi connectivity index (χ0v) is 15.5. The minimum Gasteiger partial charge on any atom is -0.481 e. The van der Waals surface area contributed by atoms with Gasteiger partial charge in [0.2, 0.25) is 0 Å². The first-order chi connectivity index (χ1) is 12.3. The van der Waals surface area contributed by atoms with Gasteiger partial charge in [-0.3, -0.25) is 4.79 Å². The summed E-state index contributed by atoms with van der Waals surface area (Å²) < 4.78 is 1.79. The second-order valence-corrected chi connectivity index (χ2v) is 7.00. The van der Waals surface area contributed by atoms with Crippen molar-refractivity contribution < 1.29 is 20.1 Å². The lowest BCUT2D eigenvalue weighted by atomic mass is 10.0. The molecule has 26 heavy (non-hydrogen) atoms. The van der Waals surface area contributed by atoms with Crippen molar-refractivity contribution in [2.45, 2.75) is 64.6 Å². The van der Waals surface area contributed by atoms with Crippen LogP contribution >= 0.6 is 0 Å². The fourth-order valence-corrected chi connectivity index (χ4v) is 2.91. The Hall–Kier alpha value is -2.25. The fourth-order valence-electron chi connectivity index (χ4n) is 2.91. The molecule has 2 rings (SSSR count). The first-order valence-electron chi connectivity index (χ1n) is 8.87. The van der Waals surface area contributed by atoms with Gasteiger partial charge < -0.3 is 15.3 Å². The van der Waals surface area contributed by atoms with E-state index < -0.39 is 18.2 Å². The minimum atomic E-state index is -1.08. The summed E-state index contributed by atoms with van der Waals surface area (Å²) in [5.74, 6) is -0.882. The quantitative estimate of drug-likeness (QED) is 0.632. The van der Waals surface area contributed by atoms with E-state index >= 15 is 0 Å². The Kier molecular flexibility index (Phi) is 6.88. The van der Waals surface area contributed by atoms with Crippen molar-refractivity contribution in [1.29, 1.82) is 0 Å².